The van der Waals surface area contributed by atoms with Crippen molar-refractivity contribution >= 4 is 34.5 Å². The Morgan fingerprint density at radius 1 is 0.962 bits per heavy atom. The van der Waals surface area contributed by atoms with E-state index in [2.05, 4.69) is 25.9 Å². The van der Waals surface area contributed by atoms with E-state index in [4.69, 9.17) is 12.2 Å². The number of hydrogen-bond acceptors (Lipinski definition) is 4. The molecule has 26 heavy (non-hydrogen) atoms. The third kappa shape index (κ3) is 4.77. The number of aryl methyl sites for hydroxylation is 1. The Hall–Kier alpha value is -2.99. The van der Waals surface area contributed by atoms with E-state index in [0.29, 0.717) is 5.11 Å². The SMILES string of the molecule is CCNC(=S)Nc1cccc(Nc2cc(-c3ccccc3)nc(C)n2)c1. The fraction of sp³-hybridized carbons (Fsp3) is 0.150. The van der Waals surface area contributed by atoms with Gasteiger partial charge in [0.25, 0.3) is 0 Å². The maximum absolute atomic E-state index is 5.23. The Labute approximate surface area is 158 Å². The van der Waals surface area contributed by atoms with Crippen molar-refractivity contribution in [1.29, 1.82) is 0 Å². The molecule has 0 amide bonds. The van der Waals surface area contributed by atoms with E-state index in [0.717, 1.165) is 40.8 Å². The summed E-state index contributed by atoms with van der Waals surface area (Å²) in [7, 11) is 0. The first kappa shape index (κ1) is 17.8. The highest BCUT2D eigenvalue weighted by molar-refractivity contribution is 7.80. The predicted molar refractivity (Wildman–Crippen MR) is 112 cm³/mol. The van der Waals surface area contributed by atoms with E-state index >= 15 is 0 Å². The number of hydrogen-bond donors (Lipinski definition) is 3. The van der Waals surface area contributed by atoms with Crippen LogP contribution in [0.1, 0.15) is 12.7 Å². The van der Waals surface area contributed by atoms with Gasteiger partial charge in [0.05, 0.1) is 5.69 Å². The van der Waals surface area contributed by atoms with Crippen LogP contribution in [0.5, 0.6) is 0 Å². The molecule has 0 aliphatic rings. The van der Waals surface area contributed by atoms with E-state index in [-0.39, 0.29) is 0 Å². The van der Waals surface area contributed by atoms with E-state index in [1.54, 1.807) is 0 Å². The van der Waals surface area contributed by atoms with E-state index in [1.807, 2.05) is 74.5 Å². The standard InChI is InChI=1S/C20H21N5S/c1-3-21-20(26)25-17-11-7-10-16(12-17)24-19-13-18(22-14(2)23-19)15-8-5-4-6-9-15/h4-13H,3H2,1-2H3,(H2,21,25,26)(H,22,23,24). The summed E-state index contributed by atoms with van der Waals surface area (Å²) in [4.78, 5) is 9.03. The van der Waals surface area contributed by atoms with Crippen molar-refractivity contribution in [3.05, 3.63) is 66.5 Å². The number of rotatable bonds is 5. The second kappa shape index (κ2) is 8.40. The van der Waals surface area contributed by atoms with Crippen molar-refractivity contribution < 1.29 is 0 Å². The predicted octanol–water partition coefficient (Wildman–Crippen LogP) is 4.50. The second-order valence-corrected chi connectivity index (χ2v) is 6.15. The Kier molecular flexibility index (Phi) is 5.76. The Bertz CT molecular complexity index is 896. The van der Waals surface area contributed by atoms with Crippen LogP contribution >= 0.6 is 12.2 Å². The molecule has 0 atom stereocenters. The zero-order chi connectivity index (χ0) is 18.4. The van der Waals surface area contributed by atoms with Gasteiger partial charge in [-0.05, 0) is 44.3 Å². The summed E-state index contributed by atoms with van der Waals surface area (Å²) in [6, 6.07) is 19.9. The molecule has 0 bridgehead atoms. The minimum absolute atomic E-state index is 0.605. The summed E-state index contributed by atoms with van der Waals surface area (Å²) < 4.78 is 0. The van der Waals surface area contributed by atoms with Crippen LogP contribution in [0.3, 0.4) is 0 Å². The molecule has 0 unspecified atom stereocenters. The van der Waals surface area contributed by atoms with Gasteiger partial charge in [0.1, 0.15) is 11.6 Å². The molecule has 1 heterocycles. The van der Waals surface area contributed by atoms with Crippen LogP contribution in [-0.2, 0) is 0 Å². The van der Waals surface area contributed by atoms with Crippen LogP contribution in [0.2, 0.25) is 0 Å². The van der Waals surface area contributed by atoms with E-state index in [9.17, 15) is 0 Å². The van der Waals surface area contributed by atoms with Crippen LogP contribution in [0.4, 0.5) is 17.2 Å². The van der Waals surface area contributed by atoms with Gasteiger partial charge in [-0.25, -0.2) is 9.97 Å². The fourth-order valence-electron chi connectivity index (χ4n) is 2.55. The van der Waals surface area contributed by atoms with E-state index < -0.39 is 0 Å². The summed E-state index contributed by atoms with van der Waals surface area (Å²) in [5.74, 6) is 1.47. The lowest BCUT2D eigenvalue weighted by atomic mass is 10.1. The van der Waals surface area contributed by atoms with Crippen molar-refractivity contribution in [3.8, 4) is 11.3 Å². The molecular weight excluding hydrogens is 342 g/mol. The van der Waals surface area contributed by atoms with Crippen molar-refractivity contribution in [1.82, 2.24) is 15.3 Å². The Morgan fingerprint density at radius 3 is 2.50 bits per heavy atom. The monoisotopic (exact) mass is 363 g/mol. The van der Waals surface area contributed by atoms with Crippen molar-refractivity contribution in [3.63, 3.8) is 0 Å². The molecule has 0 aliphatic carbocycles. The molecule has 6 heteroatoms. The highest BCUT2D eigenvalue weighted by Crippen LogP contribution is 2.23. The van der Waals surface area contributed by atoms with Gasteiger partial charge >= 0.3 is 0 Å². The molecule has 132 valence electrons. The molecule has 0 spiro atoms. The number of nitrogens with zero attached hydrogens (tertiary/aromatic N) is 2. The van der Waals surface area contributed by atoms with Crippen LogP contribution in [0.25, 0.3) is 11.3 Å². The normalized spacial score (nSPS) is 10.2. The molecule has 3 aromatic rings. The molecule has 0 radical (unpaired) electrons. The molecule has 0 saturated carbocycles. The third-order valence-electron chi connectivity index (χ3n) is 3.64. The van der Waals surface area contributed by atoms with Gasteiger partial charge in [-0.2, -0.15) is 0 Å². The largest absolute Gasteiger partial charge is 0.363 e. The Morgan fingerprint density at radius 2 is 1.73 bits per heavy atom. The van der Waals surface area contributed by atoms with Crippen LogP contribution in [-0.4, -0.2) is 21.6 Å². The Balaban J connectivity index is 1.81. The molecular formula is C20H21N5S. The van der Waals surface area contributed by atoms with Gasteiger partial charge in [0.2, 0.25) is 0 Å². The van der Waals surface area contributed by atoms with Gasteiger partial charge in [-0.3, -0.25) is 0 Å². The molecule has 5 nitrogen and oxygen atoms in total. The van der Waals surface area contributed by atoms with Gasteiger partial charge in [-0.15, -0.1) is 0 Å². The maximum atomic E-state index is 5.23. The number of thiocarbonyl (C=S) groups is 1. The van der Waals surface area contributed by atoms with Gasteiger partial charge in [0.15, 0.2) is 5.11 Å². The number of benzene rings is 2. The highest BCUT2D eigenvalue weighted by atomic mass is 32.1. The number of nitrogens with one attached hydrogen (secondary N) is 3. The topological polar surface area (TPSA) is 61.9 Å². The van der Waals surface area contributed by atoms with Crippen molar-refractivity contribution in [2.75, 3.05) is 17.2 Å². The van der Waals surface area contributed by atoms with Gasteiger partial charge < -0.3 is 16.0 Å². The summed E-state index contributed by atoms with van der Waals surface area (Å²) >= 11 is 5.23. The molecule has 1 aromatic heterocycles. The quantitative estimate of drug-likeness (QED) is 0.580. The zero-order valence-corrected chi connectivity index (χ0v) is 15.6. The van der Waals surface area contributed by atoms with Crippen LogP contribution in [0, 0.1) is 6.92 Å². The fourth-order valence-corrected chi connectivity index (χ4v) is 2.81. The van der Waals surface area contributed by atoms with Crippen LogP contribution in [0.15, 0.2) is 60.7 Å². The molecule has 3 N–H and O–H groups in total. The minimum atomic E-state index is 0.605. The number of anilines is 3. The average molecular weight is 363 g/mol. The molecule has 2 aromatic carbocycles. The molecule has 0 aliphatic heterocycles. The first-order valence-corrected chi connectivity index (χ1v) is 8.88. The zero-order valence-electron chi connectivity index (χ0n) is 14.8. The molecule has 3 rings (SSSR count). The maximum Gasteiger partial charge on any atom is 0.170 e. The lowest BCUT2D eigenvalue weighted by molar-refractivity contribution is 0.979. The first-order valence-electron chi connectivity index (χ1n) is 8.47. The summed E-state index contributed by atoms with van der Waals surface area (Å²) in [6.45, 7) is 4.68. The molecule has 0 saturated heterocycles. The summed E-state index contributed by atoms with van der Waals surface area (Å²) in [5, 5.41) is 10.2. The van der Waals surface area contributed by atoms with Crippen molar-refractivity contribution in [2.45, 2.75) is 13.8 Å². The van der Waals surface area contributed by atoms with Gasteiger partial charge in [0, 0.05) is 29.5 Å². The molecule has 0 fully saturated rings. The smallest absolute Gasteiger partial charge is 0.170 e. The lowest BCUT2D eigenvalue weighted by Gasteiger charge is -2.12. The summed E-state index contributed by atoms with van der Waals surface area (Å²) in [5.41, 5.74) is 3.79. The highest BCUT2D eigenvalue weighted by Gasteiger charge is 2.05. The second-order valence-electron chi connectivity index (χ2n) is 5.74. The first-order chi connectivity index (χ1) is 12.6. The summed E-state index contributed by atoms with van der Waals surface area (Å²) in [6.07, 6.45) is 0. The van der Waals surface area contributed by atoms with Crippen molar-refractivity contribution in [2.24, 2.45) is 0 Å². The van der Waals surface area contributed by atoms with E-state index in [1.165, 1.54) is 0 Å². The average Bonchev–Trinajstić information content (AvgIpc) is 2.62. The number of aromatic nitrogens is 2. The third-order valence-corrected chi connectivity index (χ3v) is 3.88. The lowest BCUT2D eigenvalue weighted by Crippen LogP contribution is -2.27. The van der Waals surface area contributed by atoms with Gasteiger partial charge in [-0.1, -0.05) is 36.4 Å². The minimum Gasteiger partial charge on any atom is -0.363 e. The van der Waals surface area contributed by atoms with Crippen LogP contribution < -0.4 is 16.0 Å².